The van der Waals surface area contributed by atoms with Crippen LogP contribution in [0, 0.1) is 11.6 Å². The number of halogens is 2. The predicted molar refractivity (Wildman–Crippen MR) is 104 cm³/mol. The highest BCUT2D eigenvalue weighted by molar-refractivity contribution is 5.92. The number of aromatic hydroxyl groups is 1. The van der Waals surface area contributed by atoms with Crippen LogP contribution < -0.4 is 0 Å². The molecule has 1 aliphatic rings. The molecule has 144 valence electrons. The molecule has 0 radical (unpaired) electrons. The second-order valence-corrected chi connectivity index (χ2v) is 7.13. The number of allylic oxidation sites excluding steroid dienone is 2. The molecule has 0 spiro atoms. The Morgan fingerprint density at radius 1 is 0.889 bits per heavy atom. The number of phenolic OH excluding ortho intramolecular Hbond substituents is 1. The van der Waals surface area contributed by atoms with E-state index in [1.165, 1.54) is 18.2 Å². The average molecular weight is 372 g/mol. The Kier molecular flexibility index (Phi) is 6.62. The molecule has 0 unspecified atom stereocenters. The Labute approximate surface area is 159 Å². The quantitative estimate of drug-likeness (QED) is 0.598. The molecule has 0 saturated heterocycles. The van der Waals surface area contributed by atoms with Gasteiger partial charge >= 0.3 is 0 Å². The number of phenols is 1. The summed E-state index contributed by atoms with van der Waals surface area (Å²) in [5, 5.41) is 18.8. The van der Waals surface area contributed by atoms with E-state index in [1.807, 2.05) is 6.07 Å². The van der Waals surface area contributed by atoms with Crippen LogP contribution in [0.3, 0.4) is 0 Å². The van der Waals surface area contributed by atoms with Gasteiger partial charge in [0.25, 0.3) is 0 Å². The SMILES string of the molecule is OCCCCCCC1=C(c2ccc(F)c(O)c2)CCCc2c(F)cccc21. The maximum Gasteiger partial charge on any atom is 0.164 e. The Morgan fingerprint density at radius 3 is 2.48 bits per heavy atom. The standard InChI is InChI=1S/C23H26F2O2/c24-21-11-6-9-19-18(7-3-1-2-4-14-26)17(8-5-10-20(19)21)16-12-13-22(25)23(27)15-16/h6,9,11-13,15,26-27H,1-5,7-8,10,14H2. The maximum atomic E-state index is 14.4. The fraction of sp³-hybridized carbons (Fsp3) is 0.391. The third-order valence-corrected chi connectivity index (χ3v) is 5.29. The summed E-state index contributed by atoms with van der Waals surface area (Å²) in [5.41, 5.74) is 4.66. The van der Waals surface area contributed by atoms with Crippen LogP contribution in [-0.2, 0) is 6.42 Å². The number of hydrogen-bond donors (Lipinski definition) is 2. The summed E-state index contributed by atoms with van der Waals surface area (Å²) in [6.45, 7) is 0.205. The van der Waals surface area contributed by atoms with E-state index in [0.29, 0.717) is 6.42 Å². The lowest BCUT2D eigenvalue weighted by atomic mass is 9.89. The molecule has 0 bridgehead atoms. The van der Waals surface area contributed by atoms with Gasteiger partial charge in [-0.1, -0.05) is 31.0 Å². The van der Waals surface area contributed by atoms with Crippen LogP contribution in [0.25, 0.3) is 11.1 Å². The second-order valence-electron chi connectivity index (χ2n) is 7.13. The molecule has 0 heterocycles. The van der Waals surface area contributed by atoms with Gasteiger partial charge in [0.05, 0.1) is 0 Å². The highest BCUT2D eigenvalue weighted by atomic mass is 19.1. The van der Waals surface area contributed by atoms with Gasteiger partial charge in [0.2, 0.25) is 0 Å². The number of rotatable bonds is 7. The minimum absolute atomic E-state index is 0.173. The lowest BCUT2D eigenvalue weighted by Gasteiger charge is -2.16. The second kappa shape index (κ2) is 9.14. The van der Waals surface area contributed by atoms with Crippen molar-refractivity contribution in [1.29, 1.82) is 0 Å². The summed E-state index contributed by atoms with van der Waals surface area (Å²) < 4.78 is 27.9. The van der Waals surface area contributed by atoms with Gasteiger partial charge < -0.3 is 10.2 Å². The summed E-state index contributed by atoms with van der Waals surface area (Å²) >= 11 is 0. The number of aliphatic hydroxyl groups excluding tert-OH is 1. The molecule has 0 atom stereocenters. The molecule has 0 saturated carbocycles. The van der Waals surface area contributed by atoms with Gasteiger partial charge in [0.1, 0.15) is 5.82 Å². The molecular weight excluding hydrogens is 346 g/mol. The molecule has 0 fully saturated rings. The third kappa shape index (κ3) is 4.56. The minimum Gasteiger partial charge on any atom is -0.505 e. The van der Waals surface area contributed by atoms with Gasteiger partial charge in [-0.15, -0.1) is 0 Å². The van der Waals surface area contributed by atoms with Gasteiger partial charge in [-0.25, -0.2) is 8.78 Å². The molecular formula is C23H26F2O2. The van der Waals surface area contributed by atoms with Crippen LogP contribution >= 0.6 is 0 Å². The first-order valence-corrected chi connectivity index (χ1v) is 9.71. The third-order valence-electron chi connectivity index (χ3n) is 5.29. The van der Waals surface area contributed by atoms with E-state index in [2.05, 4.69) is 0 Å². The normalized spacial score (nSPS) is 14.2. The summed E-state index contributed by atoms with van der Waals surface area (Å²) in [7, 11) is 0. The van der Waals surface area contributed by atoms with Crippen molar-refractivity contribution in [2.75, 3.05) is 6.61 Å². The first-order valence-electron chi connectivity index (χ1n) is 9.71. The summed E-state index contributed by atoms with van der Waals surface area (Å²) in [6.07, 6.45) is 6.76. The van der Waals surface area contributed by atoms with E-state index in [9.17, 15) is 13.9 Å². The number of hydrogen-bond acceptors (Lipinski definition) is 2. The van der Waals surface area contributed by atoms with Gasteiger partial charge in [-0.05, 0) is 84.6 Å². The lowest BCUT2D eigenvalue weighted by Crippen LogP contribution is -1.97. The monoisotopic (exact) mass is 372 g/mol. The Balaban J connectivity index is 2.01. The molecule has 27 heavy (non-hydrogen) atoms. The summed E-state index contributed by atoms with van der Waals surface area (Å²) in [4.78, 5) is 0. The van der Waals surface area contributed by atoms with E-state index in [1.54, 1.807) is 12.1 Å². The maximum absolute atomic E-state index is 14.4. The molecule has 2 N–H and O–H groups in total. The highest BCUT2D eigenvalue weighted by Gasteiger charge is 2.21. The van der Waals surface area contributed by atoms with E-state index < -0.39 is 5.82 Å². The van der Waals surface area contributed by atoms with Crippen LogP contribution in [0.4, 0.5) is 8.78 Å². The first kappa shape index (κ1) is 19.6. The number of unbranched alkanes of at least 4 members (excludes halogenated alkanes) is 3. The molecule has 2 aromatic rings. The van der Waals surface area contributed by atoms with Crippen molar-refractivity contribution in [3.05, 3.63) is 64.7 Å². The van der Waals surface area contributed by atoms with E-state index in [-0.39, 0.29) is 18.2 Å². The number of aliphatic hydroxyl groups is 1. The number of benzene rings is 2. The molecule has 2 nitrogen and oxygen atoms in total. The van der Waals surface area contributed by atoms with Gasteiger partial charge in [-0.2, -0.15) is 0 Å². The molecule has 0 amide bonds. The topological polar surface area (TPSA) is 40.5 Å². The molecule has 0 aromatic heterocycles. The average Bonchev–Trinajstić information content (AvgIpc) is 2.84. The zero-order valence-corrected chi connectivity index (χ0v) is 15.5. The molecule has 3 rings (SSSR count). The van der Waals surface area contributed by atoms with Crippen molar-refractivity contribution < 1.29 is 19.0 Å². The highest BCUT2D eigenvalue weighted by Crippen LogP contribution is 2.40. The van der Waals surface area contributed by atoms with Crippen molar-refractivity contribution in [3.63, 3.8) is 0 Å². The Hall–Kier alpha value is -2.20. The molecule has 1 aliphatic carbocycles. The number of fused-ring (bicyclic) bond motifs is 1. The largest absolute Gasteiger partial charge is 0.505 e. The van der Waals surface area contributed by atoms with Crippen LogP contribution in [0.15, 0.2) is 36.4 Å². The van der Waals surface area contributed by atoms with Gasteiger partial charge in [0.15, 0.2) is 11.6 Å². The van der Waals surface area contributed by atoms with Crippen molar-refractivity contribution in [2.24, 2.45) is 0 Å². The predicted octanol–water partition coefficient (Wildman–Crippen LogP) is 5.86. The first-order chi connectivity index (χ1) is 13.1. The van der Waals surface area contributed by atoms with Gasteiger partial charge in [-0.3, -0.25) is 0 Å². The fourth-order valence-electron chi connectivity index (χ4n) is 3.92. The molecule has 2 aromatic carbocycles. The van der Waals surface area contributed by atoms with Crippen LogP contribution in [0.5, 0.6) is 5.75 Å². The van der Waals surface area contributed by atoms with E-state index >= 15 is 0 Å². The molecule has 4 heteroatoms. The van der Waals surface area contributed by atoms with Crippen LogP contribution in [0.1, 0.15) is 61.6 Å². The van der Waals surface area contributed by atoms with E-state index in [4.69, 9.17) is 5.11 Å². The van der Waals surface area contributed by atoms with Crippen molar-refractivity contribution in [1.82, 2.24) is 0 Å². The van der Waals surface area contributed by atoms with Crippen molar-refractivity contribution >= 4 is 11.1 Å². The summed E-state index contributed by atoms with van der Waals surface area (Å²) in [5.74, 6) is -1.16. The fourth-order valence-corrected chi connectivity index (χ4v) is 3.92. The summed E-state index contributed by atoms with van der Waals surface area (Å²) in [6, 6.07) is 9.67. The Bertz CT molecular complexity index is 827. The van der Waals surface area contributed by atoms with Crippen molar-refractivity contribution in [2.45, 2.75) is 51.4 Å². The zero-order chi connectivity index (χ0) is 19.2. The lowest BCUT2D eigenvalue weighted by molar-refractivity contribution is 0.282. The Morgan fingerprint density at radius 2 is 1.70 bits per heavy atom. The van der Waals surface area contributed by atoms with Crippen LogP contribution in [0.2, 0.25) is 0 Å². The smallest absolute Gasteiger partial charge is 0.164 e. The zero-order valence-electron chi connectivity index (χ0n) is 15.5. The van der Waals surface area contributed by atoms with Crippen LogP contribution in [-0.4, -0.2) is 16.8 Å². The van der Waals surface area contributed by atoms with E-state index in [0.717, 1.165) is 72.8 Å². The van der Waals surface area contributed by atoms with Gasteiger partial charge in [0, 0.05) is 6.61 Å². The minimum atomic E-state index is -0.634. The molecule has 0 aliphatic heterocycles. The van der Waals surface area contributed by atoms with Crippen molar-refractivity contribution in [3.8, 4) is 5.75 Å².